The van der Waals surface area contributed by atoms with Gasteiger partial charge in [0.2, 0.25) is 5.88 Å². The summed E-state index contributed by atoms with van der Waals surface area (Å²) in [5, 5.41) is 5.66. The van der Waals surface area contributed by atoms with Gasteiger partial charge in [-0.05, 0) is 43.3 Å². The van der Waals surface area contributed by atoms with Crippen LogP contribution >= 0.6 is 11.3 Å². The number of nitrogens with zero attached hydrogens (tertiary/aromatic N) is 2. The highest BCUT2D eigenvalue weighted by Gasteiger charge is 2.11. The number of carbonyl (C=O) groups excluding carboxylic acids is 1. The number of rotatable bonds is 4. The van der Waals surface area contributed by atoms with E-state index in [2.05, 4.69) is 15.3 Å². The molecule has 6 heteroatoms. The molecule has 0 saturated heterocycles. The van der Waals surface area contributed by atoms with Crippen LogP contribution in [-0.2, 0) is 4.79 Å². The van der Waals surface area contributed by atoms with E-state index in [0.29, 0.717) is 5.88 Å². The second-order valence-corrected chi connectivity index (χ2v) is 6.32. The molecule has 0 atom stereocenters. The lowest BCUT2D eigenvalue weighted by atomic mass is 10.1. The Morgan fingerprint density at radius 3 is 2.70 bits per heavy atom. The van der Waals surface area contributed by atoms with Crippen LogP contribution in [0.15, 0.2) is 29.9 Å². The lowest BCUT2D eigenvalue weighted by Gasteiger charge is -2.13. The van der Waals surface area contributed by atoms with Gasteiger partial charge in [0, 0.05) is 5.69 Å². The van der Waals surface area contributed by atoms with Crippen molar-refractivity contribution < 1.29 is 9.53 Å². The zero-order chi connectivity index (χ0) is 16.4. The van der Waals surface area contributed by atoms with E-state index in [9.17, 15) is 4.79 Å². The largest absolute Gasteiger partial charge is 0.467 e. The van der Waals surface area contributed by atoms with Crippen LogP contribution in [0.4, 0.5) is 5.69 Å². The van der Waals surface area contributed by atoms with Gasteiger partial charge in [0.25, 0.3) is 5.91 Å². The van der Waals surface area contributed by atoms with Gasteiger partial charge in [-0.3, -0.25) is 4.79 Å². The molecule has 0 saturated carbocycles. The Morgan fingerprint density at radius 2 is 1.96 bits per heavy atom. The molecule has 23 heavy (non-hydrogen) atoms. The average Bonchev–Trinajstić information content (AvgIpc) is 2.97. The molecule has 1 amide bonds. The van der Waals surface area contributed by atoms with Crippen molar-refractivity contribution in [3.05, 3.63) is 46.6 Å². The minimum Gasteiger partial charge on any atom is -0.467 e. The van der Waals surface area contributed by atoms with Gasteiger partial charge in [0.15, 0.2) is 6.61 Å². The van der Waals surface area contributed by atoms with Crippen LogP contribution in [0.2, 0.25) is 0 Å². The van der Waals surface area contributed by atoms with Gasteiger partial charge >= 0.3 is 0 Å². The highest BCUT2D eigenvalue weighted by molar-refractivity contribution is 7.16. The number of hydrogen-bond donors (Lipinski definition) is 1. The van der Waals surface area contributed by atoms with E-state index >= 15 is 0 Å². The minimum atomic E-state index is -0.206. The van der Waals surface area contributed by atoms with Gasteiger partial charge in [-0.25, -0.2) is 9.97 Å². The van der Waals surface area contributed by atoms with Crippen molar-refractivity contribution in [1.82, 2.24) is 9.97 Å². The summed E-state index contributed by atoms with van der Waals surface area (Å²) in [7, 11) is 0. The molecule has 1 N–H and O–H groups in total. The molecular weight excluding hydrogens is 310 g/mol. The summed E-state index contributed by atoms with van der Waals surface area (Å²) in [6, 6.07) is 5.98. The molecule has 0 radical (unpaired) electrons. The Balaban J connectivity index is 1.70. The molecule has 118 valence electrons. The van der Waals surface area contributed by atoms with E-state index in [1.165, 1.54) is 23.2 Å². The number of hydrogen-bond acceptors (Lipinski definition) is 5. The topological polar surface area (TPSA) is 64.1 Å². The van der Waals surface area contributed by atoms with Gasteiger partial charge in [-0.2, -0.15) is 0 Å². The second-order valence-electron chi connectivity index (χ2n) is 5.43. The SMILES string of the molecule is Cc1cc(C)c(NC(=O)COc2ncnc3sccc23)c(C)c1. The summed E-state index contributed by atoms with van der Waals surface area (Å²) in [6.45, 7) is 5.91. The first kappa shape index (κ1) is 15.4. The van der Waals surface area contributed by atoms with Gasteiger partial charge < -0.3 is 10.1 Å². The average molecular weight is 327 g/mol. The Kier molecular flexibility index (Phi) is 4.25. The van der Waals surface area contributed by atoms with E-state index in [-0.39, 0.29) is 12.5 Å². The molecule has 0 aliphatic rings. The normalized spacial score (nSPS) is 10.7. The van der Waals surface area contributed by atoms with Gasteiger partial charge in [0.05, 0.1) is 5.39 Å². The number of nitrogens with one attached hydrogen (secondary N) is 1. The van der Waals surface area contributed by atoms with Gasteiger partial charge in [0.1, 0.15) is 11.2 Å². The Labute approximate surface area is 138 Å². The number of benzene rings is 1. The molecular formula is C17H17N3O2S. The summed E-state index contributed by atoms with van der Waals surface area (Å²) in [5.74, 6) is 0.228. The van der Waals surface area contributed by atoms with Crippen LogP contribution in [0.3, 0.4) is 0 Å². The fourth-order valence-corrected chi connectivity index (χ4v) is 3.29. The lowest BCUT2D eigenvalue weighted by molar-refractivity contribution is -0.118. The van der Waals surface area contributed by atoms with E-state index in [4.69, 9.17) is 4.74 Å². The molecule has 2 heterocycles. The first-order valence-corrected chi connectivity index (χ1v) is 8.11. The van der Waals surface area contributed by atoms with Crippen molar-refractivity contribution in [3.63, 3.8) is 0 Å². The van der Waals surface area contributed by atoms with Gasteiger partial charge in [-0.15, -0.1) is 11.3 Å². The predicted octanol–water partition coefficient (Wildman–Crippen LogP) is 3.63. The molecule has 2 aromatic heterocycles. The highest BCUT2D eigenvalue weighted by Crippen LogP contribution is 2.25. The minimum absolute atomic E-state index is 0.0886. The monoisotopic (exact) mass is 327 g/mol. The number of thiophene rings is 1. The highest BCUT2D eigenvalue weighted by atomic mass is 32.1. The van der Waals surface area contributed by atoms with Crippen molar-refractivity contribution in [3.8, 4) is 5.88 Å². The third-order valence-electron chi connectivity index (χ3n) is 3.51. The maximum Gasteiger partial charge on any atom is 0.262 e. The van der Waals surface area contributed by atoms with Crippen LogP contribution in [0, 0.1) is 20.8 Å². The van der Waals surface area contributed by atoms with Crippen molar-refractivity contribution in [2.75, 3.05) is 11.9 Å². The van der Waals surface area contributed by atoms with Crippen LogP contribution < -0.4 is 10.1 Å². The number of amides is 1. The van der Waals surface area contributed by atoms with E-state index in [1.54, 1.807) is 0 Å². The molecule has 3 rings (SSSR count). The lowest BCUT2D eigenvalue weighted by Crippen LogP contribution is -2.21. The number of aryl methyl sites for hydroxylation is 3. The zero-order valence-electron chi connectivity index (χ0n) is 13.2. The van der Waals surface area contributed by atoms with E-state index < -0.39 is 0 Å². The first-order valence-electron chi connectivity index (χ1n) is 7.23. The molecule has 0 fully saturated rings. The fraction of sp³-hybridized carbons (Fsp3) is 0.235. The van der Waals surface area contributed by atoms with Crippen LogP contribution in [0.5, 0.6) is 5.88 Å². The van der Waals surface area contributed by atoms with Crippen molar-refractivity contribution >= 4 is 33.1 Å². The van der Waals surface area contributed by atoms with E-state index in [1.807, 2.05) is 44.4 Å². The Bertz CT molecular complexity index is 850. The second kappa shape index (κ2) is 6.34. The quantitative estimate of drug-likeness (QED) is 0.794. The number of carbonyl (C=O) groups is 1. The number of fused-ring (bicyclic) bond motifs is 1. The Morgan fingerprint density at radius 1 is 1.22 bits per heavy atom. The molecule has 0 unspecified atom stereocenters. The summed E-state index contributed by atoms with van der Waals surface area (Å²) >= 11 is 1.51. The molecule has 0 aliphatic carbocycles. The maximum atomic E-state index is 12.2. The molecule has 5 nitrogen and oxygen atoms in total. The van der Waals surface area contributed by atoms with Crippen LogP contribution in [0.25, 0.3) is 10.2 Å². The fourth-order valence-electron chi connectivity index (χ4n) is 2.57. The smallest absolute Gasteiger partial charge is 0.262 e. The maximum absolute atomic E-state index is 12.2. The summed E-state index contributed by atoms with van der Waals surface area (Å²) < 4.78 is 5.56. The molecule has 3 aromatic rings. The number of aromatic nitrogens is 2. The molecule has 0 bridgehead atoms. The van der Waals surface area contributed by atoms with Crippen LogP contribution in [-0.4, -0.2) is 22.5 Å². The van der Waals surface area contributed by atoms with Crippen molar-refractivity contribution in [2.24, 2.45) is 0 Å². The van der Waals surface area contributed by atoms with Crippen LogP contribution in [0.1, 0.15) is 16.7 Å². The van der Waals surface area contributed by atoms with Gasteiger partial charge in [-0.1, -0.05) is 17.7 Å². The molecule has 0 spiro atoms. The van der Waals surface area contributed by atoms with E-state index in [0.717, 1.165) is 27.0 Å². The summed E-state index contributed by atoms with van der Waals surface area (Å²) in [6.07, 6.45) is 1.44. The summed E-state index contributed by atoms with van der Waals surface area (Å²) in [4.78, 5) is 21.3. The third kappa shape index (κ3) is 3.32. The standard InChI is InChI=1S/C17H17N3O2S/c1-10-6-11(2)15(12(3)7-10)20-14(21)8-22-16-13-4-5-23-17(13)19-9-18-16/h4-7,9H,8H2,1-3H3,(H,20,21). The zero-order valence-corrected chi connectivity index (χ0v) is 14.0. The number of anilines is 1. The molecule has 0 aliphatic heterocycles. The number of ether oxygens (including phenoxy) is 1. The third-order valence-corrected chi connectivity index (χ3v) is 4.33. The first-order chi connectivity index (χ1) is 11.0. The van der Waals surface area contributed by atoms with Crippen molar-refractivity contribution in [2.45, 2.75) is 20.8 Å². The Hall–Kier alpha value is -2.47. The molecule has 1 aromatic carbocycles. The summed E-state index contributed by atoms with van der Waals surface area (Å²) in [5.41, 5.74) is 4.10. The predicted molar refractivity (Wildman–Crippen MR) is 92.2 cm³/mol. The van der Waals surface area contributed by atoms with Crippen molar-refractivity contribution in [1.29, 1.82) is 0 Å².